The van der Waals surface area contributed by atoms with E-state index in [1.165, 1.54) is 24.8 Å². The molecule has 18 heavy (non-hydrogen) atoms. The molecule has 1 heteroatoms. The van der Waals surface area contributed by atoms with Gasteiger partial charge in [0.25, 0.3) is 0 Å². The highest BCUT2D eigenvalue weighted by Gasteiger charge is 2.23. The summed E-state index contributed by atoms with van der Waals surface area (Å²) in [4.78, 5) is 0. The van der Waals surface area contributed by atoms with Gasteiger partial charge in [0, 0.05) is 6.04 Å². The van der Waals surface area contributed by atoms with Gasteiger partial charge in [0.2, 0.25) is 0 Å². The van der Waals surface area contributed by atoms with Crippen LogP contribution in [-0.4, -0.2) is 6.54 Å². The van der Waals surface area contributed by atoms with E-state index in [4.69, 9.17) is 0 Å². The zero-order valence-corrected chi connectivity index (χ0v) is 12.3. The summed E-state index contributed by atoms with van der Waals surface area (Å²) in [6, 6.07) is 9.50. The van der Waals surface area contributed by atoms with E-state index in [0.29, 0.717) is 17.4 Å². The molecule has 1 aliphatic rings. The van der Waals surface area contributed by atoms with Gasteiger partial charge in [0.15, 0.2) is 0 Å². The highest BCUT2D eigenvalue weighted by molar-refractivity contribution is 5.32. The molecular weight excluding hydrogens is 218 g/mol. The molecule has 0 amide bonds. The van der Waals surface area contributed by atoms with Gasteiger partial charge in [-0.2, -0.15) is 0 Å². The Kier molecular flexibility index (Phi) is 4.11. The molecule has 2 unspecified atom stereocenters. The van der Waals surface area contributed by atoms with Crippen molar-refractivity contribution in [1.82, 2.24) is 5.32 Å². The summed E-state index contributed by atoms with van der Waals surface area (Å²) in [5, 5.41) is 3.78. The van der Waals surface area contributed by atoms with Crippen LogP contribution in [0.2, 0.25) is 0 Å². The monoisotopic (exact) mass is 245 g/mol. The lowest BCUT2D eigenvalue weighted by Gasteiger charge is -2.32. The minimum absolute atomic E-state index is 0.390. The van der Waals surface area contributed by atoms with Gasteiger partial charge < -0.3 is 5.32 Å². The number of nitrogens with one attached hydrogen (secondary N) is 1. The average Bonchev–Trinajstić information content (AvgIpc) is 2.34. The fourth-order valence-corrected chi connectivity index (χ4v) is 2.59. The summed E-state index contributed by atoms with van der Waals surface area (Å²) < 4.78 is 0. The predicted molar refractivity (Wildman–Crippen MR) is 78.7 cm³/mol. The van der Waals surface area contributed by atoms with Crippen molar-refractivity contribution < 1.29 is 0 Å². The number of hydrogen-bond donors (Lipinski definition) is 1. The Morgan fingerprint density at radius 2 is 2.00 bits per heavy atom. The third-order valence-corrected chi connectivity index (χ3v) is 4.52. The summed E-state index contributed by atoms with van der Waals surface area (Å²) >= 11 is 0. The molecule has 0 bridgehead atoms. The second kappa shape index (κ2) is 5.44. The maximum atomic E-state index is 3.78. The second-order valence-electron chi connectivity index (χ2n) is 6.82. The number of rotatable bonds is 3. The maximum absolute atomic E-state index is 3.78. The Morgan fingerprint density at radius 1 is 1.28 bits per heavy atom. The normalized spacial score (nSPS) is 21.4. The third-order valence-electron chi connectivity index (χ3n) is 4.52. The van der Waals surface area contributed by atoms with Crippen LogP contribution in [0, 0.1) is 11.3 Å². The van der Waals surface area contributed by atoms with Gasteiger partial charge in [0.1, 0.15) is 0 Å². The molecule has 0 spiro atoms. The molecule has 0 aromatic heterocycles. The summed E-state index contributed by atoms with van der Waals surface area (Å²) in [6.45, 7) is 10.4. The lowest BCUT2D eigenvalue weighted by Crippen LogP contribution is -2.33. The Bertz CT molecular complexity index is 389. The van der Waals surface area contributed by atoms with E-state index in [1.54, 1.807) is 5.56 Å². The Balaban J connectivity index is 2.00. The van der Waals surface area contributed by atoms with Crippen molar-refractivity contribution in [3.63, 3.8) is 0 Å². The van der Waals surface area contributed by atoms with Gasteiger partial charge in [-0.25, -0.2) is 0 Å². The maximum Gasteiger partial charge on any atom is 0.0323 e. The van der Waals surface area contributed by atoms with E-state index in [1.807, 2.05) is 0 Å². The molecule has 100 valence electrons. The standard InChI is InChI=1S/C17H27N/c1-13(17(2,3)4)12-18-16-11-7-9-14-8-5-6-10-15(14)16/h5-6,8,10,13,16,18H,7,9,11-12H2,1-4H3. The molecule has 0 aliphatic heterocycles. The summed E-state index contributed by atoms with van der Waals surface area (Å²) in [6.07, 6.45) is 3.86. The van der Waals surface area contributed by atoms with Crippen LogP contribution < -0.4 is 5.32 Å². The zero-order chi connectivity index (χ0) is 13.2. The third kappa shape index (κ3) is 3.14. The van der Waals surface area contributed by atoms with Crippen LogP contribution in [0.5, 0.6) is 0 Å². The fraction of sp³-hybridized carbons (Fsp3) is 0.647. The van der Waals surface area contributed by atoms with Gasteiger partial charge in [0.05, 0.1) is 0 Å². The Morgan fingerprint density at radius 3 is 2.72 bits per heavy atom. The van der Waals surface area contributed by atoms with Gasteiger partial charge in [-0.1, -0.05) is 52.0 Å². The van der Waals surface area contributed by atoms with Crippen molar-refractivity contribution in [2.45, 2.75) is 53.0 Å². The molecule has 1 nitrogen and oxygen atoms in total. The van der Waals surface area contributed by atoms with Crippen molar-refractivity contribution in [1.29, 1.82) is 0 Å². The van der Waals surface area contributed by atoms with E-state index in [0.717, 1.165) is 6.54 Å². The highest BCUT2D eigenvalue weighted by atomic mass is 14.9. The van der Waals surface area contributed by atoms with Crippen molar-refractivity contribution in [3.05, 3.63) is 35.4 Å². The van der Waals surface area contributed by atoms with Crippen LogP contribution in [0.15, 0.2) is 24.3 Å². The van der Waals surface area contributed by atoms with E-state index in [-0.39, 0.29) is 0 Å². The molecule has 0 fully saturated rings. The molecule has 2 rings (SSSR count). The van der Waals surface area contributed by atoms with Crippen molar-refractivity contribution in [2.75, 3.05) is 6.54 Å². The van der Waals surface area contributed by atoms with Crippen LogP contribution in [0.4, 0.5) is 0 Å². The zero-order valence-electron chi connectivity index (χ0n) is 12.3. The van der Waals surface area contributed by atoms with E-state index >= 15 is 0 Å². The fourth-order valence-electron chi connectivity index (χ4n) is 2.59. The minimum Gasteiger partial charge on any atom is -0.310 e. The predicted octanol–water partition coefficient (Wildman–Crippen LogP) is 4.34. The lowest BCUT2D eigenvalue weighted by molar-refractivity contribution is 0.242. The molecule has 2 atom stereocenters. The Hall–Kier alpha value is -0.820. The van der Waals surface area contributed by atoms with Crippen LogP contribution in [0.1, 0.15) is 57.7 Å². The molecule has 1 N–H and O–H groups in total. The quantitative estimate of drug-likeness (QED) is 0.835. The lowest BCUT2D eigenvalue weighted by atomic mass is 9.81. The van der Waals surface area contributed by atoms with Crippen LogP contribution in [-0.2, 0) is 6.42 Å². The van der Waals surface area contributed by atoms with E-state index in [9.17, 15) is 0 Å². The van der Waals surface area contributed by atoms with Crippen LogP contribution in [0.25, 0.3) is 0 Å². The molecule has 0 saturated heterocycles. The number of aryl methyl sites for hydroxylation is 1. The minimum atomic E-state index is 0.390. The molecule has 0 heterocycles. The largest absolute Gasteiger partial charge is 0.310 e. The average molecular weight is 245 g/mol. The van der Waals surface area contributed by atoms with Crippen molar-refractivity contribution in [3.8, 4) is 0 Å². The summed E-state index contributed by atoms with van der Waals surface area (Å²) in [5.41, 5.74) is 3.47. The van der Waals surface area contributed by atoms with Crippen LogP contribution in [0.3, 0.4) is 0 Å². The first-order valence-electron chi connectivity index (χ1n) is 7.29. The topological polar surface area (TPSA) is 12.0 Å². The first-order valence-corrected chi connectivity index (χ1v) is 7.29. The van der Waals surface area contributed by atoms with E-state index < -0.39 is 0 Å². The number of hydrogen-bond acceptors (Lipinski definition) is 1. The SMILES string of the molecule is CC(CNC1CCCc2ccccc21)C(C)(C)C. The van der Waals surface area contributed by atoms with Crippen molar-refractivity contribution >= 4 is 0 Å². The van der Waals surface area contributed by atoms with Gasteiger partial charge in [-0.3, -0.25) is 0 Å². The van der Waals surface area contributed by atoms with Crippen molar-refractivity contribution in [2.24, 2.45) is 11.3 Å². The number of fused-ring (bicyclic) bond motifs is 1. The molecule has 0 saturated carbocycles. The molecule has 0 radical (unpaired) electrons. The molecule has 1 aliphatic carbocycles. The first-order chi connectivity index (χ1) is 8.48. The van der Waals surface area contributed by atoms with E-state index in [2.05, 4.69) is 57.3 Å². The summed E-state index contributed by atoms with van der Waals surface area (Å²) in [5.74, 6) is 0.701. The van der Waals surface area contributed by atoms with Crippen LogP contribution >= 0.6 is 0 Å². The second-order valence-corrected chi connectivity index (χ2v) is 6.82. The smallest absolute Gasteiger partial charge is 0.0323 e. The van der Waals surface area contributed by atoms with Gasteiger partial charge >= 0.3 is 0 Å². The summed E-state index contributed by atoms with van der Waals surface area (Å²) in [7, 11) is 0. The van der Waals surface area contributed by atoms with Gasteiger partial charge in [-0.15, -0.1) is 0 Å². The van der Waals surface area contributed by atoms with Gasteiger partial charge in [-0.05, 0) is 48.3 Å². The first kappa shape index (κ1) is 13.6. The molecular formula is C17H27N. The molecule has 1 aromatic rings. The molecule has 1 aromatic carbocycles. The number of benzene rings is 1. The highest BCUT2D eigenvalue weighted by Crippen LogP contribution is 2.31. The Labute approximate surface area is 112 Å².